The molecular weight excluding hydrogens is 194 g/mol. The summed E-state index contributed by atoms with van der Waals surface area (Å²) in [5, 5.41) is 14.6. The Morgan fingerprint density at radius 3 is 2.71 bits per heavy atom. The van der Waals surface area contributed by atoms with E-state index in [4.69, 9.17) is 5.21 Å². The molecule has 76 valence electrons. The molecule has 2 rings (SSSR count). The Morgan fingerprint density at radius 2 is 2.14 bits per heavy atom. The topological polar surface area (TPSA) is 32.6 Å². The molecule has 0 spiro atoms. The molecule has 0 aliphatic heterocycles. The molecule has 1 fully saturated rings. The van der Waals surface area contributed by atoms with Gasteiger partial charge in [-0.1, -0.05) is 30.5 Å². The summed E-state index contributed by atoms with van der Waals surface area (Å²) < 4.78 is 0. The molecule has 0 amide bonds. The zero-order valence-electron chi connectivity index (χ0n) is 8.15. The minimum atomic E-state index is 0.479. The predicted octanol–water partition coefficient (Wildman–Crippen LogP) is 3.51. The second kappa shape index (κ2) is 4.60. The normalized spacial score (nSPS) is 19.9. The minimum absolute atomic E-state index is 0.479. The lowest BCUT2D eigenvalue weighted by molar-refractivity contribution is 0.310. The first-order chi connectivity index (χ1) is 6.92. The lowest BCUT2D eigenvalue weighted by atomic mass is 9.85. The van der Waals surface area contributed by atoms with Crippen molar-refractivity contribution >= 4 is 17.0 Å². The SMILES string of the molecule is O/N=C(/c1cccs1)C1CCCCC1. The van der Waals surface area contributed by atoms with Gasteiger partial charge in [0.05, 0.1) is 10.6 Å². The van der Waals surface area contributed by atoms with Gasteiger partial charge in [-0.15, -0.1) is 11.3 Å². The Balaban J connectivity index is 2.13. The van der Waals surface area contributed by atoms with E-state index in [-0.39, 0.29) is 0 Å². The van der Waals surface area contributed by atoms with Gasteiger partial charge in [-0.25, -0.2) is 0 Å². The van der Waals surface area contributed by atoms with Crippen LogP contribution in [-0.4, -0.2) is 10.9 Å². The van der Waals surface area contributed by atoms with Crippen LogP contribution in [0.15, 0.2) is 22.7 Å². The van der Waals surface area contributed by atoms with Crippen LogP contribution in [-0.2, 0) is 0 Å². The van der Waals surface area contributed by atoms with Crippen LogP contribution < -0.4 is 0 Å². The molecule has 1 N–H and O–H groups in total. The number of hydrogen-bond donors (Lipinski definition) is 1. The Labute approximate surface area is 88.3 Å². The zero-order chi connectivity index (χ0) is 9.80. The third-order valence-electron chi connectivity index (χ3n) is 2.87. The van der Waals surface area contributed by atoms with Crippen molar-refractivity contribution in [3.05, 3.63) is 22.4 Å². The van der Waals surface area contributed by atoms with Crippen molar-refractivity contribution in [2.45, 2.75) is 32.1 Å². The highest BCUT2D eigenvalue weighted by atomic mass is 32.1. The van der Waals surface area contributed by atoms with E-state index in [0.29, 0.717) is 5.92 Å². The van der Waals surface area contributed by atoms with Gasteiger partial charge in [0.2, 0.25) is 0 Å². The third-order valence-corrected chi connectivity index (χ3v) is 3.77. The van der Waals surface area contributed by atoms with Crippen molar-refractivity contribution in [2.24, 2.45) is 11.1 Å². The minimum Gasteiger partial charge on any atom is -0.411 e. The largest absolute Gasteiger partial charge is 0.411 e. The van der Waals surface area contributed by atoms with Crippen LogP contribution in [0.2, 0.25) is 0 Å². The number of rotatable bonds is 2. The average molecular weight is 209 g/mol. The molecule has 1 aromatic rings. The maximum absolute atomic E-state index is 9.04. The number of hydrogen-bond acceptors (Lipinski definition) is 3. The lowest BCUT2D eigenvalue weighted by Crippen LogP contribution is -2.17. The summed E-state index contributed by atoms with van der Waals surface area (Å²) in [6.07, 6.45) is 6.23. The first-order valence-corrected chi connectivity index (χ1v) is 6.05. The van der Waals surface area contributed by atoms with Gasteiger partial charge in [-0.05, 0) is 24.3 Å². The summed E-state index contributed by atoms with van der Waals surface area (Å²) in [5.41, 5.74) is 0.903. The molecule has 0 atom stereocenters. The van der Waals surface area contributed by atoms with Gasteiger partial charge >= 0.3 is 0 Å². The van der Waals surface area contributed by atoms with Crippen LogP contribution in [0.5, 0.6) is 0 Å². The molecule has 0 unspecified atom stereocenters. The summed E-state index contributed by atoms with van der Waals surface area (Å²) >= 11 is 1.66. The summed E-state index contributed by atoms with van der Waals surface area (Å²) in [6.45, 7) is 0. The molecule has 0 bridgehead atoms. The van der Waals surface area contributed by atoms with E-state index in [9.17, 15) is 0 Å². The van der Waals surface area contributed by atoms with Crippen molar-refractivity contribution in [1.29, 1.82) is 0 Å². The molecule has 2 nitrogen and oxygen atoms in total. The smallest absolute Gasteiger partial charge is 0.0997 e. The van der Waals surface area contributed by atoms with Crippen LogP contribution in [0.25, 0.3) is 0 Å². The van der Waals surface area contributed by atoms with Gasteiger partial charge in [-0.3, -0.25) is 0 Å². The van der Waals surface area contributed by atoms with E-state index in [1.165, 1.54) is 32.1 Å². The van der Waals surface area contributed by atoms with Gasteiger partial charge < -0.3 is 5.21 Å². The molecule has 0 saturated heterocycles. The maximum atomic E-state index is 9.04. The predicted molar refractivity (Wildman–Crippen MR) is 59.2 cm³/mol. The molecule has 1 heterocycles. The van der Waals surface area contributed by atoms with Crippen LogP contribution in [0, 0.1) is 5.92 Å². The number of nitrogens with zero attached hydrogens (tertiary/aromatic N) is 1. The highest BCUT2D eigenvalue weighted by Crippen LogP contribution is 2.28. The molecule has 0 radical (unpaired) electrons. The van der Waals surface area contributed by atoms with E-state index in [0.717, 1.165) is 10.6 Å². The average Bonchev–Trinajstić information content (AvgIpc) is 2.74. The van der Waals surface area contributed by atoms with E-state index >= 15 is 0 Å². The third kappa shape index (κ3) is 1.98. The van der Waals surface area contributed by atoms with Crippen molar-refractivity contribution < 1.29 is 5.21 Å². The van der Waals surface area contributed by atoms with Gasteiger partial charge in [0.15, 0.2) is 0 Å². The maximum Gasteiger partial charge on any atom is 0.0997 e. The fourth-order valence-corrected chi connectivity index (χ4v) is 2.92. The highest BCUT2D eigenvalue weighted by molar-refractivity contribution is 7.12. The second-order valence-electron chi connectivity index (χ2n) is 3.80. The van der Waals surface area contributed by atoms with Crippen molar-refractivity contribution in [3.8, 4) is 0 Å². The standard InChI is InChI=1S/C11H15NOS/c13-12-11(10-7-4-8-14-10)9-5-2-1-3-6-9/h4,7-9,13H,1-3,5-6H2/b12-11+. The van der Waals surface area contributed by atoms with Crippen molar-refractivity contribution in [3.63, 3.8) is 0 Å². The van der Waals surface area contributed by atoms with E-state index in [1.807, 2.05) is 17.5 Å². The lowest BCUT2D eigenvalue weighted by Gasteiger charge is -2.21. The summed E-state index contributed by atoms with van der Waals surface area (Å²) in [6, 6.07) is 4.04. The molecule has 1 saturated carbocycles. The Morgan fingerprint density at radius 1 is 1.36 bits per heavy atom. The fraction of sp³-hybridized carbons (Fsp3) is 0.545. The van der Waals surface area contributed by atoms with E-state index in [2.05, 4.69) is 5.16 Å². The second-order valence-corrected chi connectivity index (χ2v) is 4.75. The van der Waals surface area contributed by atoms with Crippen LogP contribution >= 0.6 is 11.3 Å². The molecule has 1 aliphatic carbocycles. The molecular formula is C11H15NOS. The van der Waals surface area contributed by atoms with Crippen LogP contribution in [0.1, 0.15) is 37.0 Å². The molecule has 0 aromatic carbocycles. The quantitative estimate of drug-likeness (QED) is 0.451. The Bertz CT molecular complexity index is 299. The van der Waals surface area contributed by atoms with Crippen molar-refractivity contribution in [2.75, 3.05) is 0 Å². The first-order valence-electron chi connectivity index (χ1n) is 5.17. The first kappa shape index (κ1) is 9.71. The van der Waals surface area contributed by atoms with Gasteiger partial charge in [0, 0.05) is 5.92 Å². The molecule has 1 aliphatic rings. The summed E-state index contributed by atoms with van der Waals surface area (Å²) in [7, 11) is 0. The van der Waals surface area contributed by atoms with Gasteiger partial charge in [0.1, 0.15) is 0 Å². The number of oxime groups is 1. The highest BCUT2D eigenvalue weighted by Gasteiger charge is 2.21. The summed E-state index contributed by atoms with van der Waals surface area (Å²) in [5.74, 6) is 0.479. The monoisotopic (exact) mass is 209 g/mol. The molecule has 3 heteroatoms. The number of thiophene rings is 1. The Hall–Kier alpha value is -0.830. The van der Waals surface area contributed by atoms with E-state index < -0.39 is 0 Å². The fourth-order valence-electron chi connectivity index (χ4n) is 2.13. The van der Waals surface area contributed by atoms with Gasteiger partial charge in [0.25, 0.3) is 0 Å². The summed E-state index contributed by atoms with van der Waals surface area (Å²) in [4.78, 5) is 1.12. The molecule has 14 heavy (non-hydrogen) atoms. The molecule has 1 aromatic heterocycles. The zero-order valence-corrected chi connectivity index (χ0v) is 8.96. The van der Waals surface area contributed by atoms with Gasteiger partial charge in [-0.2, -0.15) is 0 Å². The van der Waals surface area contributed by atoms with Crippen molar-refractivity contribution in [1.82, 2.24) is 0 Å². The van der Waals surface area contributed by atoms with E-state index in [1.54, 1.807) is 11.3 Å². The Kier molecular flexibility index (Phi) is 3.19. The van der Waals surface area contributed by atoms with Crippen LogP contribution in [0.4, 0.5) is 0 Å². The van der Waals surface area contributed by atoms with Crippen LogP contribution in [0.3, 0.4) is 0 Å².